The molecule has 0 radical (unpaired) electrons. The number of hydrazine groups is 1. The highest BCUT2D eigenvalue weighted by Gasteiger charge is 2.52. The number of rotatable bonds is 14. The number of carboxylic acids is 1. The maximum Gasteiger partial charge on any atom is 0.330 e. The van der Waals surface area contributed by atoms with Crippen molar-refractivity contribution < 1.29 is 113 Å². The molecule has 18 atom stereocenters. The number of fused-ring (bicyclic) bond motifs is 15. The fraction of sp³-hybridized carbons (Fsp3) is 0.415. The van der Waals surface area contributed by atoms with Crippen LogP contribution in [-0.4, -0.2) is 184 Å². The molecule has 548 valence electrons. The number of hydrogen-bond donors (Lipinski definition) is 20. The number of carboxylic acid groups (broad SMARTS) is 1. The summed E-state index contributed by atoms with van der Waals surface area (Å²) in [7, 11) is 1.48. The van der Waals surface area contributed by atoms with Gasteiger partial charge in [-0.2, -0.15) is 0 Å². The lowest BCUT2D eigenvalue weighted by atomic mass is 9.89. The fourth-order valence-electron chi connectivity index (χ4n) is 12.4. The summed E-state index contributed by atoms with van der Waals surface area (Å²) >= 11 is 16.0. The molecule has 11 bridgehead atoms. The number of phenols is 3. The first kappa shape index (κ1) is 76.1. The van der Waals surface area contributed by atoms with Crippen LogP contribution in [0.25, 0.3) is 11.1 Å². The number of alkyl halides is 1. The molecule has 7 heterocycles. The number of halogens is 3. The van der Waals surface area contributed by atoms with Gasteiger partial charge < -0.3 is 123 Å². The maximum absolute atomic E-state index is 16.1. The summed E-state index contributed by atoms with van der Waals surface area (Å²) in [6.45, 7) is 4.77. The molecule has 34 nitrogen and oxygen atoms in total. The Kier molecular flexibility index (Phi) is 23.3. The zero-order valence-corrected chi connectivity index (χ0v) is 58.0. The lowest BCUT2D eigenvalue weighted by Gasteiger charge is -2.46. The van der Waals surface area contributed by atoms with E-state index in [9.17, 15) is 69.9 Å². The van der Waals surface area contributed by atoms with Gasteiger partial charge in [-0.1, -0.05) is 77.8 Å². The Morgan fingerprint density at radius 1 is 0.725 bits per heavy atom. The van der Waals surface area contributed by atoms with Crippen molar-refractivity contribution in [3.63, 3.8) is 0 Å². The largest absolute Gasteiger partial charge is 0.508 e. The Labute approximate surface area is 603 Å². The normalized spacial score (nSPS) is 29.3. The second-order valence-corrected chi connectivity index (χ2v) is 28.2. The number of aliphatic hydroxyl groups excluding tert-OH is 5. The number of likely N-dealkylation sites (N-methyl/N-ethyl adjacent to an activating group) is 1. The first-order valence-electron chi connectivity index (χ1n) is 31.6. The number of carbonyl (C=O) groups is 8. The van der Waals surface area contributed by atoms with E-state index in [1.165, 1.54) is 26.1 Å². The number of aliphatic carboxylic acids is 1. The molecule has 15 unspecified atom stereocenters. The van der Waals surface area contributed by atoms with Crippen LogP contribution < -0.4 is 74.2 Å². The first-order valence-corrected chi connectivity index (χ1v) is 33.5. The SMILES string of the molecule is CN[C@@H](CC(C)C)C(=O)NC1C(=O)NC(CC(N)=O)C(=O)NC2C(=O)NC3C(=O)N[C@H](C(=O)NC(C(=O)O)c4cc(O)cc(O)c4-c4cc3ccc4O)[C@H](O)c3ccc(c(Cl)c3)Oc3cc2cc(c3OC2OC(CNN)C(O)C(O)C2OC2CC(N)(I)C(O)C(C)O2)Oc2ccc(cc2Cl)C1O. The van der Waals surface area contributed by atoms with Crippen LogP contribution in [-0.2, 0) is 52.6 Å². The lowest BCUT2D eigenvalue weighted by molar-refractivity contribution is -0.327. The minimum Gasteiger partial charge on any atom is -0.508 e. The molecule has 0 aliphatic carbocycles. The van der Waals surface area contributed by atoms with E-state index in [0.29, 0.717) is 0 Å². The molecule has 0 saturated carbocycles. The molecule has 5 aromatic rings. The quantitative estimate of drug-likeness (QED) is 0.0228. The highest BCUT2D eigenvalue weighted by atomic mass is 127. The monoisotopic (exact) mass is 1570 g/mol. The van der Waals surface area contributed by atoms with Gasteiger partial charge in [-0.15, -0.1) is 0 Å². The minimum atomic E-state index is -2.34. The van der Waals surface area contributed by atoms with Gasteiger partial charge in [0.15, 0.2) is 29.9 Å². The highest BCUT2D eigenvalue weighted by Crippen LogP contribution is 2.50. The Hall–Kier alpha value is -8.51. The van der Waals surface area contributed by atoms with E-state index in [-0.39, 0.29) is 58.5 Å². The van der Waals surface area contributed by atoms with Gasteiger partial charge in [0.05, 0.1) is 28.6 Å². The summed E-state index contributed by atoms with van der Waals surface area (Å²) in [6, 6.07) is -0.495. The highest BCUT2D eigenvalue weighted by molar-refractivity contribution is 14.1. The van der Waals surface area contributed by atoms with E-state index in [1.54, 1.807) is 0 Å². The van der Waals surface area contributed by atoms with Crippen LogP contribution in [0.3, 0.4) is 0 Å². The minimum absolute atomic E-state index is 0.0951. The third-order valence-corrected chi connectivity index (χ3v) is 19.3. The molecule has 7 amide bonds. The summed E-state index contributed by atoms with van der Waals surface area (Å²) in [5.74, 6) is -10.1. The number of nitrogens with two attached hydrogens (primary N) is 3. The summed E-state index contributed by atoms with van der Waals surface area (Å²) < 4.78 is 37.3. The number of hydrogen-bond acceptors (Lipinski definition) is 26. The number of aliphatic hydroxyl groups is 5. The molecule has 12 rings (SSSR count). The number of primary amides is 1. The van der Waals surface area contributed by atoms with Crippen molar-refractivity contribution in [2.75, 3.05) is 13.6 Å². The third kappa shape index (κ3) is 16.3. The maximum atomic E-state index is 16.1. The molecule has 2 saturated heterocycles. The predicted molar refractivity (Wildman–Crippen MR) is 363 cm³/mol. The molecule has 23 N–H and O–H groups in total. The number of carbonyl (C=O) groups excluding carboxylic acids is 7. The van der Waals surface area contributed by atoms with Gasteiger partial charge in [0.2, 0.25) is 53.4 Å². The van der Waals surface area contributed by atoms with Gasteiger partial charge in [-0.3, -0.25) is 44.8 Å². The number of aromatic hydroxyl groups is 3. The predicted octanol–water partition coefficient (Wildman–Crippen LogP) is -0.0502. The van der Waals surface area contributed by atoms with Crippen LogP contribution in [0.2, 0.25) is 10.0 Å². The Bertz CT molecular complexity index is 4110. The zero-order valence-electron chi connectivity index (χ0n) is 54.3. The smallest absolute Gasteiger partial charge is 0.330 e. The van der Waals surface area contributed by atoms with Crippen molar-refractivity contribution in [3.8, 4) is 57.1 Å². The Morgan fingerprint density at radius 2 is 1.33 bits per heavy atom. The van der Waals surface area contributed by atoms with E-state index in [4.69, 9.17) is 68.9 Å². The van der Waals surface area contributed by atoms with Crippen molar-refractivity contribution in [2.45, 2.75) is 147 Å². The molecular weight excluding hydrogens is 1500 g/mol. The van der Waals surface area contributed by atoms with Crippen molar-refractivity contribution >= 4 is 93.1 Å². The van der Waals surface area contributed by atoms with E-state index >= 15 is 14.4 Å². The number of nitrogens with one attached hydrogen (secondary N) is 8. The van der Waals surface area contributed by atoms with Crippen LogP contribution in [0.1, 0.15) is 98.2 Å². The fourth-order valence-corrected chi connectivity index (χ4v) is 13.7. The summed E-state index contributed by atoms with van der Waals surface area (Å²) in [5, 5.41) is 120. The molecular formula is C65H74Cl2IN11O23. The van der Waals surface area contributed by atoms with Crippen molar-refractivity contribution in [2.24, 2.45) is 23.2 Å². The summed E-state index contributed by atoms with van der Waals surface area (Å²) in [5.41, 5.74) is 11.8. The van der Waals surface area contributed by atoms with Gasteiger partial charge in [-0.25, -0.2) is 4.79 Å². The van der Waals surface area contributed by atoms with Gasteiger partial charge in [0, 0.05) is 35.7 Å². The van der Waals surface area contributed by atoms with Crippen LogP contribution in [0.15, 0.2) is 78.9 Å². The van der Waals surface area contributed by atoms with Crippen LogP contribution in [0, 0.1) is 5.92 Å². The molecule has 2 fully saturated rings. The number of amides is 7. The number of benzene rings is 5. The molecule has 5 aromatic carbocycles. The lowest BCUT2D eigenvalue weighted by Crippen LogP contribution is -2.64. The third-order valence-electron chi connectivity index (χ3n) is 17.6. The first-order chi connectivity index (χ1) is 48.2. The molecule has 0 aromatic heterocycles. The van der Waals surface area contributed by atoms with Crippen LogP contribution in [0.5, 0.6) is 46.0 Å². The van der Waals surface area contributed by atoms with Gasteiger partial charge in [-0.05, 0) is 103 Å². The van der Waals surface area contributed by atoms with E-state index < -0.39 is 223 Å². The van der Waals surface area contributed by atoms with Crippen LogP contribution >= 0.6 is 45.8 Å². The standard InChI is InChI=1S/C65H74Cl2IN11O23/c1-22(2)11-33(72-4)57(89)78-48-50(84)25-6-9-37(31(66)13-25)98-39-15-27-16-40(54(39)102-64-55(53(87)52(86)41(100-64)21-73-71)101-43-20-65(68,70)56(88)23(3)97-43)99-38-10-7-26(14-32(38)67)51(85)49-62(94)77-47(63(95)96)30-17-28(80)18-36(82)44(30)29-12-24(5-8-35(29)81)45(59(91)79-49)76-60(92)46(27)75-58(90)34(19-42(69)83)74-61(48)93/h5-10,12-18,22-23,33-34,41,43,45-53,55-56,64,72-73,80-82,84-88H,11,19-21,70-71H2,1-4H3,(H2,69,83)(H,74,93)(H,75,90)(H,76,92)(H,77,94)(H,78,89)(H,79,91)(H,95,96)/t23?,33-,34?,41?,43?,45?,46?,47?,48?,49-,50?,51+,52?,53?,55?,56?,64?,65?/m0/s1. The average Bonchev–Trinajstić information content (AvgIpc) is 0.768. The molecule has 7 aliphatic rings. The van der Waals surface area contributed by atoms with Gasteiger partial charge >= 0.3 is 5.97 Å². The van der Waals surface area contributed by atoms with Gasteiger partial charge in [0.25, 0.3) is 0 Å². The van der Waals surface area contributed by atoms with Crippen LogP contribution in [0.4, 0.5) is 0 Å². The van der Waals surface area contributed by atoms with E-state index in [2.05, 4.69) is 42.6 Å². The second kappa shape index (κ2) is 31.2. The van der Waals surface area contributed by atoms with E-state index in [0.717, 1.165) is 66.7 Å². The van der Waals surface area contributed by atoms with Crippen molar-refractivity contribution in [1.29, 1.82) is 0 Å². The number of ether oxygens (including phenoxy) is 6. The topological polar surface area (TPSA) is 548 Å². The average molecular weight is 1580 g/mol. The molecule has 37 heteroatoms. The van der Waals surface area contributed by atoms with Crippen molar-refractivity contribution in [1.82, 2.24) is 42.6 Å². The van der Waals surface area contributed by atoms with Gasteiger partial charge in [0.1, 0.15) is 99.1 Å². The Balaban J connectivity index is 1.24. The summed E-state index contributed by atoms with van der Waals surface area (Å²) in [6.07, 6.45) is -18.0. The molecule has 0 spiro atoms. The second-order valence-electron chi connectivity index (χ2n) is 25.4. The molecule has 102 heavy (non-hydrogen) atoms. The zero-order chi connectivity index (χ0) is 74.2. The summed E-state index contributed by atoms with van der Waals surface area (Å²) in [4.78, 5) is 117. The number of phenolic OH excluding ortho intramolecular Hbond substituents is 3. The molecule has 7 aliphatic heterocycles. The van der Waals surface area contributed by atoms with E-state index in [1.807, 2.05) is 36.4 Å². The Morgan fingerprint density at radius 3 is 1.92 bits per heavy atom. The van der Waals surface area contributed by atoms with Crippen molar-refractivity contribution in [3.05, 3.63) is 117 Å².